The molecule has 0 aliphatic heterocycles. The van der Waals surface area contributed by atoms with E-state index in [0.717, 1.165) is 11.4 Å². The highest BCUT2D eigenvalue weighted by Crippen LogP contribution is 2.21. The number of hydrogen-bond donors (Lipinski definition) is 3. The largest absolute Gasteiger partial charge is 0.406 e. The third-order valence-electron chi connectivity index (χ3n) is 2.81. The van der Waals surface area contributed by atoms with Crippen molar-refractivity contribution in [1.82, 2.24) is 20.4 Å². The predicted octanol–water partition coefficient (Wildman–Crippen LogP) is 2.32. The normalized spacial score (nSPS) is 12.1. The van der Waals surface area contributed by atoms with Crippen molar-refractivity contribution in [3.63, 3.8) is 0 Å². The van der Waals surface area contributed by atoms with Crippen LogP contribution >= 0.6 is 12.4 Å². The van der Waals surface area contributed by atoms with Gasteiger partial charge in [0.2, 0.25) is 5.89 Å². The van der Waals surface area contributed by atoms with Gasteiger partial charge in [0.15, 0.2) is 0 Å². The molecule has 0 aliphatic rings. The van der Waals surface area contributed by atoms with Gasteiger partial charge in [-0.15, -0.1) is 17.5 Å². The van der Waals surface area contributed by atoms with Crippen molar-refractivity contribution in [2.24, 2.45) is 5.73 Å². The molecule has 0 spiro atoms. The molecule has 7 nitrogen and oxygen atoms in total. The Labute approximate surface area is 130 Å². The molecule has 2 aromatic heterocycles. The molecule has 2 rings (SSSR count). The summed E-state index contributed by atoms with van der Waals surface area (Å²) in [5.41, 5.74) is 7.25. The smallest absolute Gasteiger partial charge is 0.315 e. The fourth-order valence-corrected chi connectivity index (χ4v) is 1.56. The van der Waals surface area contributed by atoms with Crippen molar-refractivity contribution in [2.45, 2.75) is 52.1 Å². The van der Waals surface area contributed by atoms with Crippen molar-refractivity contribution in [3.8, 4) is 0 Å². The monoisotopic (exact) mass is 314 g/mol. The first-order chi connectivity index (χ1) is 9.16. The van der Waals surface area contributed by atoms with E-state index in [0.29, 0.717) is 18.5 Å². The van der Waals surface area contributed by atoms with Crippen LogP contribution in [-0.2, 0) is 17.5 Å². The Morgan fingerprint density at radius 2 is 1.90 bits per heavy atom. The molecule has 21 heavy (non-hydrogen) atoms. The van der Waals surface area contributed by atoms with Crippen LogP contribution in [0.5, 0.6) is 0 Å². The maximum Gasteiger partial charge on any atom is 0.315 e. The summed E-state index contributed by atoms with van der Waals surface area (Å²) in [4.78, 5) is 0. The number of H-pyrrole nitrogens is 1. The quantitative estimate of drug-likeness (QED) is 0.799. The van der Waals surface area contributed by atoms with Crippen LogP contribution in [0.15, 0.2) is 10.5 Å². The minimum absolute atomic E-state index is 0. The average Bonchev–Trinajstić information content (AvgIpc) is 2.94. The number of aromatic nitrogens is 4. The van der Waals surface area contributed by atoms with Gasteiger partial charge in [-0.3, -0.25) is 5.10 Å². The molecule has 0 atom stereocenters. The van der Waals surface area contributed by atoms with Crippen molar-refractivity contribution in [3.05, 3.63) is 23.3 Å². The topological polar surface area (TPSA) is 106 Å². The van der Waals surface area contributed by atoms with Crippen LogP contribution in [0.25, 0.3) is 0 Å². The van der Waals surface area contributed by atoms with Gasteiger partial charge in [-0.1, -0.05) is 25.9 Å². The van der Waals surface area contributed by atoms with E-state index in [-0.39, 0.29) is 17.8 Å². The van der Waals surface area contributed by atoms with E-state index < -0.39 is 5.54 Å². The van der Waals surface area contributed by atoms with E-state index in [4.69, 9.17) is 10.2 Å². The standard InChI is InChI=1S/C13H22N6O.ClH/c1-12(2,3)9-6-8(16-17-9)7-15-11-19-18-10(20-11)13(4,5)14;/h6H,7,14H2,1-5H3,(H,15,19)(H,16,17);1H. The molecular weight excluding hydrogens is 292 g/mol. The van der Waals surface area contributed by atoms with E-state index in [1.807, 2.05) is 19.9 Å². The third-order valence-corrected chi connectivity index (χ3v) is 2.81. The highest BCUT2D eigenvalue weighted by Gasteiger charge is 2.22. The average molecular weight is 315 g/mol. The van der Waals surface area contributed by atoms with Crippen molar-refractivity contribution < 1.29 is 4.42 Å². The molecule has 0 aliphatic carbocycles. The zero-order valence-electron chi connectivity index (χ0n) is 13.0. The zero-order valence-corrected chi connectivity index (χ0v) is 13.8. The Hall–Kier alpha value is -1.60. The van der Waals surface area contributed by atoms with Gasteiger partial charge in [0, 0.05) is 5.41 Å². The first-order valence-electron chi connectivity index (χ1n) is 6.58. The molecule has 0 amide bonds. The lowest BCUT2D eigenvalue weighted by Gasteiger charge is -2.13. The van der Waals surface area contributed by atoms with Gasteiger partial charge in [0.1, 0.15) is 0 Å². The maximum atomic E-state index is 5.89. The molecule has 0 bridgehead atoms. The lowest BCUT2D eigenvalue weighted by molar-refractivity contribution is 0.384. The van der Waals surface area contributed by atoms with E-state index in [2.05, 4.69) is 46.5 Å². The molecular formula is C13H23ClN6O. The van der Waals surface area contributed by atoms with Gasteiger partial charge in [-0.2, -0.15) is 5.10 Å². The predicted molar refractivity (Wildman–Crippen MR) is 83.4 cm³/mol. The number of nitrogens with zero attached hydrogens (tertiary/aromatic N) is 3. The van der Waals surface area contributed by atoms with Gasteiger partial charge in [-0.25, -0.2) is 0 Å². The summed E-state index contributed by atoms with van der Waals surface area (Å²) in [6, 6.07) is 2.38. The first kappa shape index (κ1) is 17.5. The molecule has 2 heterocycles. The SMILES string of the molecule is CC(C)(C)c1cc(CNc2nnc(C(C)(C)N)o2)[nH]n1.Cl. The van der Waals surface area contributed by atoms with Crippen LogP contribution in [0.4, 0.5) is 6.01 Å². The van der Waals surface area contributed by atoms with E-state index >= 15 is 0 Å². The molecule has 0 fully saturated rings. The summed E-state index contributed by atoms with van der Waals surface area (Å²) in [6.07, 6.45) is 0. The number of nitrogens with one attached hydrogen (secondary N) is 2. The number of halogens is 1. The summed E-state index contributed by atoms with van der Waals surface area (Å²) in [7, 11) is 0. The fraction of sp³-hybridized carbons (Fsp3) is 0.615. The minimum atomic E-state index is -0.639. The number of rotatable bonds is 4. The summed E-state index contributed by atoms with van der Waals surface area (Å²) < 4.78 is 5.45. The Balaban J connectivity index is 0.00000220. The maximum absolute atomic E-state index is 5.89. The summed E-state index contributed by atoms with van der Waals surface area (Å²) in [6.45, 7) is 10.5. The second-order valence-electron chi connectivity index (χ2n) is 6.52. The Morgan fingerprint density at radius 3 is 2.38 bits per heavy atom. The summed E-state index contributed by atoms with van der Waals surface area (Å²) >= 11 is 0. The first-order valence-corrected chi connectivity index (χ1v) is 6.58. The lowest BCUT2D eigenvalue weighted by Crippen LogP contribution is -2.29. The minimum Gasteiger partial charge on any atom is -0.406 e. The Bertz CT molecular complexity index is 526. The van der Waals surface area contributed by atoms with Gasteiger partial charge >= 0.3 is 6.01 Å². The molecule has 2 aromatic rings. The van der Waals surface area contributed by atoms with E-state index in [1.54, 1.807) is 0 Å². The van der Waals surface area contributed by atoms with Crippen LogP contribution in [-0.4, -0.2) is 20.4 Å². The van der Waals surface area contributed by atoms with Gasteiger partial charge in [0.25, 0.3) is 0 Å². The van der Waals surface area contributed by atoms with Gasteiger partial charge in [0.05, 0.1) is 23.5 Å². The summed E-state index contributed by atoms with van der Waals surface area (Å²) in [5, 5.41) is 18.2. The molecule has 0 aromatic carbocycles. The molecule has 0 saturated heterocycles. The number of aromatic amines is 1. The fourth-order valence-electron chi connectivity index (χ4n) is 1.56. The van der Waals surface area contributed by atoms with Crippen LogP contribution in [0, 0.1) is 0 Å². The van der Waals surface area contributed by atoms with Gasteiger partial charge < -0.3 is 15.5 Å². The highest BCUT2D eigenvalue weighted by atomic mass is 35.5. The molecule has 0 unspecified atom stereocenters. The molecule has 8 heteroatoms. The molecule has 0 saturated carbocycles. The second-order valence-corrected chi connectivity index (χ2v) is 6.52. The Kier molecular flexibility index (Phi) is 5.01. The van der Waals surface area contributed by atoms with E-state index in [1.165, 1.54) is 0 Å². The van der Waals surface area contributed by atoms with Crippen LogP contribution < -0.4 is 11.1 Å². The third kappa shape index (κ3) is 4.44. The second kappa shape index (κ2) is 6.03. The number of anilines is 1. The van der Waals surface area contributed by atoms with Crippen LogP contribution in [0.3, 0.4) is 0 Å². The number of nitrogens with two attached hydrogens (primary N) is 1. The lowest BCUT2D eigenvalue weighted by atomic mass is 9.92. The molecule has 0 radical (unpaired) electrons. The van der Waals surface area contributed by atoms with Crippen LogP contribution in [0.1, 0.15) is 51.9 Å². The Morgan fingerprint density at radius 1 is 1.24 bits per heavy atom. The van der Waals surface area contributed by atoms with Crippen molar-refractivity contribution in [1.29, 1.82) is 0 Å². The van der Waals surface area contributed by atoms with Crippen molar-refractivity contribution in [2.75, 3.05) is 5.32 Å². The van der Waals surface area contributed by atoms with Crippen molar-refractivity contribution >= 4 is 18.4 Å². The zero-order chi connectivity index (χ0) is 15.0. The highest BCUT2D eigenvalue weighted by molar-refractivity contribution is 5.85. The summed E-state index contributed by atoms with van der Waals surface area (Å²) in [5.74, 6) is 0.403. The molecule has 118 valence electrons. The molecule has 4 N–H and O–H groups in total. The van der Waals surface area contributed by atoms with Gasteiger partial charge in [-0.05, 0) is 19.9 Å². The van der Waals surface area contributed by atoms with E-state index in [9.17, 15) is 0 Å². The number of hydrogen-bond acceptors (Lipinski definition) is 6. The van der Waals surface area contributed by atoms with Crippen LogP contribution in [0.2, 0.25) is 0 Å².